The summed E-state index contributed by atoms with van der Waals surface area (Å²) < 4.78 is 42.1. The highest BCUT2D eigenvalue weighted by molar-refractivity contribution is 5.98. The SMILES string of the molecule is Cc1ccc(C(=O)Cc2ccc(CC(=N)N)c(C(F)(F)F)c2)cc1C#Cc1cnc2cccnn12. The maximum absolute atomic E-state index is 13.5. The van der Waals surface area contributed by atoms with E-state index in [1.165, 1.54) is 12.1 Å². The number of hydrogen-bond donors (Lipinski definition) is 2. The highest BCUT2D eigenvalue weighted by atomic mass is 19.4. The van der Waals surface area contributed by atoms with Gasteiger partial charge in [-0.3, -0.25) is 10.2 Å². The summed E-state index contributed by atoms with van der Waals surface area (Å²) in [6.45, 7) is 1.86. The molecule has 0 aliphatic heterocycles. The van der Waals surface area contributed by atoms with E-state index in [0.717, 1.165) is 11.6 Å². The first-order valence-corrected chi connectivity index (χ1v) is 10.6. The molecule has 4 rings (SSSR count). The summed E-state index contributed by atoms with van der Waals surface area (Å²) in [6.07, 6.45) is -1.92. The molecule has 0 amide bonds. The van der Waals surface area contributed by atoms with E-state index in [0.29, 0.717) is 22.5 Å². The largest absolute Gasteiger partial charge is 0.416 e. The Hall–Kier alpha value is -4.45. The minimum Gasteiger partial charge on any atom is -0.387 e. The zero-order chi connectivity index (χ0) is 25.2. The lowest BCUT2D eigenvalue weighted by molar-refractivity contribution is -0.138. The molecule has 9 heteroatoms. The van der Waals surface area contributed by atoms with Gasteiger partial charge in [-0.05, 0) is 53.8 Å². The van der Waals surface area contributed by atoms with Crippen molar-refractivity contribution < 1.29 is 18.0 Å². The molecule has 0 aliphatic rings. The number of rotatable bonds is 5. The van der Waals surface area contributed by atoms with Crippen LogP contribution in [0.25, 0.3) is 5.65 Å². The number of carbonyl (C=O) groups is 1. The van der Waals surface area contributed by atoms with E-state index in [2.05, 4.69) is 21.9 Å². The fourth-order valence-electron chi connectivity index (χ4n) is 3.62. The Balaban J connectivity index is 1.60. The smallest absolute Gasteiger partial charge is 0.387 e. The van der Waals surface area contributed by atoms with E-state index in [1.807, 2.05) is 6.92 Å². The summed E-state index contributed by atoms with van der Waals surface area (Å²) in [5.74, 6) is 5.34. The Morgan fingerprint density at radius 1 is 1.11 bits per heavy atom. The zero-order valence-electron chi connectivity index (χ0n) is 18.6. The van der Waals surface area contributed by atoms with Crippen molar-refractivity contribution in [2.24, 2.45) is 5.73 Å². The highest BCUT2D eigenvalue weighted by Crippen LogP contribution is 2.33. The van der Waals surface area contributed by atoms with E-state index in [9.17, 15) is 18.0 Å². The lowest BCUT2D eigenvalue weighted by atomic mass is 9.95. The number of nitrogens with one attached hydrogen (secondary N) is 1. The molecule has 2 aromatic heterocycles. The fourth-order valence-corrected chi connectivity index (χ4v) is 3.62. The number of hydrogen-bond acceptors (Lipinski definition) is 4. The molecule has 4 aromatic rings. The number of fused-ring (bicyclic) bond motifs is 1. The summed E-state index contributed by atoms with van der Waals surface area (Å²) in [5.41, 5.74) is 7.57. The van der Waals surface area contributed by atoms with Gasteiger partial charge >= 0.3 is 6.18 Å². The minimum atomic E-state index is -4.62. The number of aromatic nitrogens is 3. The number of amidine groups is 1. The van der Waals surface area contributed by atoms with Crippen LogP contribution < -0.4 is 5.73 Å². The van der Waals surface area contributed by atoms with Crippen LogP contribution in [0.1, 0.15) is 43.9 Å². The van der Waals surface area contributed by atoms with Crippen LogP contribution in [-0.4, -0.2) is 26.2 Å². The van der Waals surface area contributed by atoms with Crippen LogP contribution in [0.5, 0.6) is 0 Å². The van der Waals surface area contributed by atoms with Gasteiger partial charge in [-0.15, -0.1) is 0 Å². The molecule has 0 bridgehead atoms. The molecule has 6 nitrogen and oxygen atoms in total. The van der Waals surface area contributed by atoms with Gasteiger partial charge in [0.1, 0.15) is 5.69 Å². The first kappa shape index (κ1) is 23.7. The van der Waals surface area contributed by atoms with Crippen molar-refractivity contribution in [1.29, 1.82) is 5.41 Å². The Bertz CT molecular complexity index is 1510. The summed E-state index contributed by atoms with van der Waals surface area (Å²) in [6, 6.07) is 12.3. The topological polar surface area (TPSA) is 97.1 Å². The normalized spacial score (nSPS) is 11.2. The number of benzene rings is 2. The molecule has 3 N–H and O–H groups in total. The van der Waals surface area contributed by atoms with Crippen molar-refractivity contribution >= 4 is 17.3 Å². The number of nitrogens with zero attached hydrogens (tertiary/aromatic N) is 3. The number of alkyl halides is 3. The second-order valence-electron chi connectivity index (χ2n) is 8.01. The van der Waals surface area contributed by atoms with Gasteiger partial charge in [-0.25, -0.2) is 9.50 Å². The molecular formula is C26H20F3N5O. The number of nitrogens with two attached hydrogens (primary N) is 1. The van der Waals surface area contributed by atoms with Gasteiger partial charge in [-0.1, -0.05) is 30.2 Å². The molecule has 0 aliphatic carbocycles. The summed E-state index contributed by atoms with van der Waals surface area (Å²) in [4.78, 5) is 17.1. The Labute approximate surface area is 199 Å². The van der Waals surface area contributed by atoms with Gasteiger partial charge in [0.2, 0.25) is 0 Å². The molecule has 0 fully saturated rings. The number of Topliss-reactive ketones (excluding diaryl/α,β-unsaturated/α-hetero) is 1. The fraction of sp³-hybridized carbons (Fsp3) is 0.154. The maximum Gasteiger partial charge on any atom is 0.416 e. The number of ketones is 1. The molecular weight excluding hydrogens is 455 g/mol. The first-order chi connectivity index (χ1) is 16.6. The average molecular weight is 475 g/mol. The van der Waals surface area contributed by atoms with Crippen molar-refractivity contribution in [2.45, 2.75) is 25.9 Å². The zero-order valence-corrected chi connectivity index (χ0v) is 18.6. The second-order valence-corrected chi connectivity index (χ2v) is 8.01. The van der Waals surface area contributed by atoms with Gasteiger partial charge in [-0.2, -0.15) is 18.3 Å². The van der Waals surface area contributed by atoms with Gasteiger partial charge in [0.05, 0.1) is 17.6 Å². The van der Waals surface area contributed by atoms with Crippen LogP contribution in [0, 0.1) is 24.2 Å². The number of carbonyl (C=O) groups excluding carboxylic acids is 1. The maximum atomic E-state index is 13.5. The third kappa shape index (κ3) is 5.38. The molecule has 0 spiro atoms. The predicted octanol–water partition coefficient (Wildman–Crippen LogP) is 4.36. The number of imidazole rings is 1. The standard InChI is InChI=1S/C26H20F3N5O/c1-16-4-6-20(13-18(16)8-9-21-15-32-25-3-2-10-33-34(21)25)23(35)12-17-5-7-19(14-24(30)31)22(11-17)26(27,28)29/h2-7,10-11,13,15H,12,14H2,1H3,(H3,30,31). The summed E-state index contributed by atoms with van der Waals surface area (Å²) in [5, 5.41) is 11.5. The Morgan fingerprint density at radius 3 is 2.66 bits per heavy atom. The number of halogens is 3. The molecule has 0 unspecified atom stereocenters. The molecule has 2 aromatic carbocycles. The summed E-state index contributed by atoms with van der Waals surface area (Å²) in [7, 11) is 0. The van der Waals surface area contributed by atoms with Crippen molar-refractivity contribution in [1.82, 2.24) is 14.6 Å². The summed E-state index contributed by atoms with van der Waals surface area (Å²) >= 11 is 0. The molecule has 0 radical (unpaired) electrons. The Kier molecular flexibility index (Phi) is 6.38. The first-order valence-electron chi connectivity index (χ1n) is 10.6. The Morgan fingerprint density at radius 2 is 1.91 bits per heavy atom. The monoisotopic (exact) mass is 475 g/mol. The number of aryl methyl sites for hydroxylation is 1. The molecule has 0 atom stereocenters. The second kappa shape index (κ2) is 9.43. The lowest BCUT2D eigenvalue weighted by Crippen LogP contribution is -2.18. The van der Waals surface area contributed by atoms with E-state index < -0.39 is 11.7 Å². The van der Waals surface area contributed by atoms with Gasteiger partial charge < -0.3 is 5.73 Å². The van der Waals surface area contributed by atoms with E-state index in [-0.39, 0.29) is 35.6 Å². The lowest BCUT2D eigenvalue weighted by Gasteiger charge is -2.14. The van der Waals surface area contributed by atoms with Gasteiger partial charge in [0.25, 0.3) is 0 Å². The van der Waals surface area contributed by atoms with E-state index >= 15 is 0 Å². The minimum absolute atomic E-state index is 0.101. The molecule has 35 heavy (non-hydrogen) atoms. The van der Waals surface area contributed by atoms with E-state index in [4.69, 9.17) is 11.1 Å². The average Bonchev–Trinajstić information content (AvgIpc) is 3.21. The third-order valence-electron chi connectivity index (χ3n) is 5.39. The van der Waals surface area contributed by atoms with Crippen molar-refractivity contribution in [3.8, 4) is 11.8 Å². The molecule has 0 saturated heterocycles. The highest BCUT2D eigenvalue weighted by Gasteiger charge is 2.33. The van der Waals surface area contributed by atoms with Crippen LogP contribution in [0.2, 0.25) is 0 Å². The van der Waals surface area contributed by atoms with Crippen LogP contribution in [0.4, 0.5) is 13.2 Å². The third-order valence-corrected chi connectivity index (χ3v) is 5.39. The van der Waals surface area contributed by atoms with E-state index in [1.54, 1.807) is 47.2 Å². The van der Waals surface area contributed by atoms with Crippen LogP contribution in [0.15, 0.2) is 60.9 Å². The molecule has 176 valence electrons. The van der Waals surface area contributed by atoms with Crippen molar-refractivity contribution in [3.05, 3.63) is 100.0 Å². The van der Waals surface area contributed by atoms with Crippen LogP contribution >= 0.6 is 0 Å². The van der Waals surface area contributed by atoms with Gasteiger partial charge in [0.15, 0.2) is 11.4 Å². The van der Waals surface area contributed by atoms with Crippen LogP contribution in [-0.2, 0) is 19.0 Å². The predicted molar refractivity (Wildman–Crippen MR) is 125 cm³/mol. The van der Waals surface area contributed by atoms with Crippen LogP contribution in [0.3, 0.4) is 0 Å². The molecule has 2 heterocycles. The van der Waals surface area contributed by atoms with Crippen molar-refractivity contribution in [3.63, 3.8) is 0 Å². The van der Waals surface area contributed by atoms with Crippen molar-refractivity contribution in [2.75, 3.05) is 0 Å². The van der Waals surface area contributed by atoms with Gasteiger partial charge in [0, 0.05) is 30.2 Å². The molecule has 0 saturated carbocycles. The quantitative estimate of drug-likeness (QED) is 0.194.